The lowest BCUT2D eigenvalue weighted by Crippen LogP contribution is -2.47. The van der Waals surface area contributed by atoms with Crippen molar-refractivity contribution in [2.24, 2.45) is 11.1 Å². The molecule has 0 saturated carbocycles. The van der Waals surface area contributed by atoms with E-state index in [1.54, 1.807) is 13.8 Å². The fraction of sp³-hybridized carbons (Fsp3) is 0.818. The number of rotatable bonds is 9. The molecule has 9 heteroatoms. The zero-order chi connectivity index (χ0) is 15.8. The molecule has 0 bridgehead atoms. The number of hydrogen-bond donors (Lipinski definition) is 5. The lowest BCUT2D eigenvalue weighted by Gasteiger charge is -2.27. The van der Waals surface area contributed by atoms with Gasteiger partial charge in [-0.15, -0.1) is 11.7 Å². The Hall–Kier alpha value is 0.0700. The molecule has 0 aromatic carbocycles. The minimum absolute atomic E-state index is 0.0714. The molecule has 20 heavy (non-hydrogen) atoms. The molecule has 118 valence electrons. The van der Waals surface area contributed by atoms with Gasteiger partial charge in [-0.2, -0.15) is 0 Å². The molecule has 0 aliphatic carbocycles. The number of carbonyl (C=O) groups is 2. The van der Waals surface area contributed by atoms with Crippen molar-refractivity contribution in [1.29, 1.82) is 0 Å². The van der Waals surface area contributed by atoms with Crippen LogP contribution in [-0.2, 0) is 9.59 Å². The fourth-order valence-corrected chi connectivity index (χ4v) is 3.05. The number of hydrogen-bond acceptors (Lipinski definition) is 8. The number of aliphatic hydroxyl groups is 2. The van der Waals surface area contributed by atoms with Crippen LogP contribution in [0, 0.1) is 5.41 Å². The monoisotopic (exact) mass is 342 g/mol. The number of thiol groups is 1. The van der Waals surface area contributed by atoms with Crippen LogP contribution in [-0.4, -0.2) is 58.0 Å². The van der Waals surface area contributed by atoms with Gasteiger partial charge in [0.25, 0.3) is 0 Å². The van der Waals surface area contributed by atoms with Crippen LogP contribution in [0.4, 0.5) is 0 Å². The summed E-state index contributed by atoms with van der Waals surface area (Å²) >= 11 is 5.10. The summed E-state index contributed by atoms with van der Waals surface area (Å²) in [6, 6.07) is 0. The van der Waals surface area contributed by atoms with Gasteiger partial charge >= 0.3 is 0 Å². The van der Waals surface area contributed by atoms with Crippen molar-refractivity contribution in [2.75, 3.05) is 25.4 Å². The Balaban J connectivity index is 4.36. The number of nitrogens with one attached hydrogen (secondary N) is 1. The number of thioether (sulfide) groups is 1. The first-order valence-electron chi connectivity index (χ1n) is 6.03. The SMILES string of the molecule is CC(C)(CO)[C@@H](O)C(=O)NCC(SS)C(=O)SCCN. The Bertz CT molecular complexity index is 329. The minimum atomic E-state index is -1.34. The van der Waals surface area contributed by atoms with E-state index in [4.69, 9.17) is 10.8 Å². The van der Waals surface area contributed by atoms with Crippen molar-refractivity contribution in [2.45, 2.75) is 25.2 Å². The Kier molecular flexibility index (Phi) is 9.94. The molecule has 0 aromatic heterocycles. The third kappa shape index (κ3) is 6.68. The smallest absolute Gasteiger partial charge is 0.249 e. The summed E-state index contributed by atoms with van der Waals surface area (Å²) in [5.74, 6) is -0.106. The van der Waals surface area contributed by atoms with Crippen LogP contribution in [0.3, 0.4) is 0 Å². The third-order valence-corrected chi connectivity index (χ3v) is 5.17. The quantitative estimate of drug-likeness (QED) is 0.287. The standard InChI is InChI=1S/C11H22N2O4S3/c1-11(2,6-14)8(15)9(16)13-5-7(20-18)10(17)19-4-3-12/h7-8,14-15,18H,3-6,12H2,1-2H3,(H,13,16)/t7?,8-/m0/s1. The first-order chi connectivity index (χ1) is 9.30. The van der Waals surface area contributed by atoms with Crippen LogP contribution in [0.25, 0.3) is 0 Å². The molecule has 5 N–H and O–H groups in total. The van der Waals surface area contributed by atoms with E-state index >= 15 is 0 Å². The summed E-state index contributed by atoms with van der Waals surface area (Å²) < 4.78 is 0. The molecule has 0 saturated heterocycles. The topological polar surface area (TPSA) is 113 Å². The van der Waals surface area contributed by atoms with E-state index in [0.717, 1.165) is 22.6 Å². The van der Waals surface area contributed by atoms with Crippen molar-refractivity contribution in [3.05, 3.63) is 0 Å². The highest BCUT2D eigenvalue weighted by atomic mass is 33.1. The Morgan fingerprint density at radius 1 is 1.45 bits per heavy atom. The van der Waals surface area contributed by atoms with Gasteiger partial charge in [0.2, 0.25) is 11.0 Å². The highest BCUT2D eigenvalue weighted by Crippen LogP contribution is 2.22. The molecular weight excluding hydrogens is 320 g/mol. The van der Waals surface area contributed by atoms with Crippen LogP contribution in [0.15, 0.2) is 0 Å². The van der Waals surface area contributed by atoms with Gasteiger partial charge < -0.3 is 21.3 Å². The predicted molar refractivity (Wildman–Crippen MR) is 86.8 cm³/mol. The highest BCUT2D eigenvalue weighted by Gasteiger charge is 2.33. The maximum atomic E-state index is 11.8. The van der Waals surface area contributed by atoms with Crippen LogP contribution >= 0.6 is 34.2 Å². The number of amides is 1. The van der Waals surface area contributed by atoms with E-state index in [1.807, 2.05) is 0 Å². The van der Waals surface area contributed by atoms with Crippen molar-refractivity contribution in [3.8, 4) is 0 Å². The molecule has 0 aliphatic heterocycles. The first-order valence-corrected chi connectivity index (χ1v) is 8.95. The Morgan fingerprint density at radius 3 is 2.50 bits per heavy atom. The summed E-state index contributed by atoms with van der Waals surface area (Å²) in [5.41, 5.74) is 4.38. The number of aliphatic hydroxyl groups excluding tert-OH is 2. The fourth-order valence-electron chi connectivity index (χ4n) is 1.15. The van der Waals surface area contributed by atoms with Gasteiger partial charge in [0, 0.05) is 24.3 Å². The van der Waals surface area contributed by atoms with Crippen molar-refractivity contribution >= 4 is 45.2 Å². The summed E-state index contributed by atoms with van der Waals surface area (Å²) in [5, 5.41) is 20.8. The molecule has 0 fully saturated rings. The summed E-state index contributed by atoms with van der Waals surface area (Å²) in [6.07, 6.45) is -1.34. The van der Waals surface area contributed by atoms with Gasteiger partial charge in [-0.1, -0.05) is 36.4 Å². The molecule has 0 radical (unpaired) electrons. The van der Waals surface area contributed by atoms with Crippen LogP contribution in [0.5, 0.6) is 0 Å². The Labute approximate surface area is 132 Å². The summed E-state index contributed by atoms with van der Waals surface area (Å²) in [6.45, 7) is 3.30. The average Bonchev–Trinajstić information content (AvgIpc) is 2.44. The van der Waals surface area contributed by atoms with Gasteiger partial charge in [-0.3, -0.25) is 9.59 Å². The molecular formula is C11H22N2O4S3. The van der Waals surface area contributed by atoms with Crippen LogP contribution < -0.4 is 11.1 Å². The highest BCUT2D eigenvalue weighted by molar-refractivity contribution is 8.69. The molecule has 2 atom stereocenters. The number of nitrogens with two attached hydrogens (primary N) is 1. The zero-order valence-corrected chi connectivity index (χ0v) is 14.1. The Morgan fingerprint density at radius 2 is 2.05 bits per heavy atom. The summed E-state index contributed by atoms with van der Waals surface area (Å²) in [7, 11) is 1.03. The molecule has 0 rings (SSSR count). The molecule has 1 amide bonds. The lowest BCUT2D eigenvalue weighted by atomic mass is 9.87. The van der Waals surface area contributed by atoms with E-state index < -0.39 is 22.7 Å². The molecule has 0 aromatic rings. The maximum absolute atomic E-state index is 11.8. The molecule has 0 heterocycles. The average molecular weight is 343 g/mol. The van der Waals surface area contributed by atoms with E-state index in [-0.39, 0.29) is 18.3 Å². The van der Waals surface area contributed by atoms with Gasteiger partial charge in [0.1, 0.15) is 11.4 Å². The van der Waals surface area contributed by atoms with Crippen molar-refractivity contribution < 1.29 is 19.8 Å². The van der Waals surface area contributed by atoms with E-state index in [9.17, 15) is 14.7 Å². The minimum Gasteiger partial charge on any atom is -0.396 e. The predicted octanol–water partition coefficient (Wildman–Crippen LogP) is -0.353. The lowest BCUT2D eigenvalue weighted by molar-refractivity contribution is -0.137. The van der Waals surface area contributed by atoms with Crippen LogP contribution in [0.2, 0.25) is 0 Å². The zero-order valence-electron chi connectivity index (χ0n) is 11.5. The number of carbonyl (C=O) groups excluding carboxylic acids is 2. The van der Waals surface area contributed by atoms with Crippen LogP contribution in [0.1, 0.15) is 13.8 Å². The second-order valence-electron chi connectivity index (χ2n) is 4.84. The third-order valence-electron chi connectivity index (χ3n) is 2.61. The second-order valence-corrected chi connectivity index (χ2v) is 7.36. The second kappa shape index (κ2) is 9.91. The van der Waals surface area contributed by atoms with E-state index in [1.165, 1.54) is 0 Å². The molecule has 0 spiro atoms. The normalized spacial score (nSPS) is 14.7. The largest absolute Gasteiger partial charge is 0.396 e. The van der Waals surface area contributed by atoms with Gasteiger partial charge in [0.05, 0.1) is 6.61 Å². The molecule has 1 unspecified atom stereocenters. The van der Waals surface area contributed by atoms with Crippen molar-refractivity contribution in [1.82, 2.24) is 5.32 Å². The molecule has 6 nitrogen and oxygen atoms in total. The van der Waals surface area contributed by atoms with Gasteiger partial charge in [-0.25, -0.2) is 0 Å². The first kappa shape index (κ1) is 20.1. The summed E-state index contributed by atoms with van der Waals surface area (Å²) in [4.78, 5) is 23.5. The van der Waals surface area contributed by atoms with E-state index in [2.05, 4.69) is 17.0 Å². The van der Waals surface area contributed by atoms with E-state index in [0.29, 0.717) is 12.3 Å². The van der Waals surface area contributed by atoms with Gasteiger partial charge in [0.15, 0.2) is 0 Å². The maximum Gasteiger partial charge on any atom is 0.249 e. The molecule has 0 aliphatic rings. The van der Waals surface area contributed by atoms with Crippen molar-refractivity contribution in [3.63, 3.8) is 0 Å². The van der Waals surface area contributed by atoms with Gasteiger partial charge in [-0.05, 0) is 0 Å².